The molecule has 1 saturated heterocycles. The number of hydrogen-bond acceptors (Lipinski definition) is 2. The topological polar surface area (TPSA) is 49.4 Å². The smallest absolute Gasteiger partial charge is 0.226 e. The number of carbonyl (C=O) groups excluding carboxylic acids is 2. The van der Waals surface area contributed by atoms with Crippen molar-refractivity contribution >= 4 is 11.8 Å². The van der Waals surface area contributed by atoms with Crippen molar-refractivity contribution < 1.29 is 9.59 Å². The standard InChI is InChI=1S/C17H24N2O2/c1-13(2)18-17(21)15-8-10-19(11-9-15)16(20)12-14-6-4-3-5-7-14/h3-7,13,15H,8-12H2,1-2H3,(H,18,21). The van der Waals surface area contributed by atoms with Gasteiger partial charge in [-0.1, -0.05) is 30.3 Å². The number of nitrogens with zero attached hydrogens (tertiary/aromatic N) is 1. The van der Waals surface area contributed by atoms with Crippen molar-refractivity contribution in [3.8, 4) is 0 Å². The molecule has 2 amide bonds. The number of nitrogens with one attached hydrogen (secondary N) is 1. The highest BCUT2D eigenvalue weighted by Gasteiger charge is 2.27. The van der Waals surface area contributed by atoms with Gasteiger partial charge in [0.2, 0.25) is 11.8 Å². The number of carbonyl (C=O) groups is 2. The van der Waals surface area contributed by atoms with Crippen LogP contribution in [0, 0.1) is 5.92 Å². The number of likely N-dealkylation sites (tertiary alicyclic amines) is 1. The third-order valence-electron chi connectivity index (χ3n) is 3.85. The maximum Gasteiger partial charge on any atom is 0.226 e. The van der Waals surface area contributed by atoms with Crippen molar-refractivity contribution in [3.63, 3.8) is 0 Å². The normalized spacial score (nSPS) is 16.0. The Morgan fingerprint density at radius 2 is 1.81 bits per heavy atom. The molecule has 4 nitrogen and oxygen atoms in total. The summed E-state index contributed by atoms with van der Waals surface area (Å²) in [4.78, 5) is 26.1. The third kappa shape index (κ3) is 4.59. The van der Waals surface area contributed by atoms with Crippen LogP contribution in [0.1, 0.15) is 32.3 Å². The molecule has 1 fully saturated rings. The monoisotopic (exact) mass is 288 g/mol. The second-order valence-electron chi connectivity index (χ2n) is 5.98. The van der Waals surface area contributed by atoms with E-state index in [0.29, 0.717) is 19.5 Å². The second-order valence-corrected chi connectivity index (χ2v) is 5.98. The highest BCUT2D eigenvalue weighted by atomic mass is 16.2. The van der Waals surface area contributed by atoms with Gasteiger partial charge in [0.15, 0.2) is 0 Å². The second kappa shape index (κ2) is 7.25. The highest BCUT2D eigenvalue weighted by Crippen LogP contribution is 2.18. The van der Waals surface area contributed by atoms with E-state index >= 15 is 0 Å². The predicted octanol–water partition coefficient (Wildman–Crippen LogP) is 1.99. The Kier molecular flexibility index (Phi) is 5.37. The van der Waals surface area contributed by atoms with Crippen molar-refractivity contribution in [1.29, 1.82) is 0 Å². The van der Waals surface area contributed by atoms with Gasteiger partial charge in [-0.05, 0) is 32.3 Å². The van der Waals surface area contributed by atoms with E-state index in [1.54, 1.807) is 0 Å². The van der Waals surface area contributed by atoms with Gasteiger partial charge >= 0.3 is 0 Å². The lowest BCUT2D eigenvalue weighted by Gasteiger charge is -2.31. The van der Waals surface area contributed by atoms with Crippen LogP contribution >= 0.6 is 0 Å². The Hall–Kier alpha value is -1.84. The van der Waals surface area contributed by atoms with Crippen molar-refractivity contribution in [2.45, 2.75) is 39.2 Å². The zero-order valence-electron chi connectivity index (χ0n) is 12.8. The van der Waals surface area contributed by atoms with E-state index in [1.165, 1.54) is 0 Å². The Morgan fingerprint density at radius 3 is 2.38 bits per heavy atom. The molecule has 0 aliphatic carbocycles. The van der Waals surface area contributed by atoms with Crippen molar-refractivity contribution in [2.24, 2.45) is 5.92 Å². The molecular formula is C17H24N2O2. The van der Waals surface area contributed by atoms with Crippen LogP contribution in [-0.2, 0) is 16.0 Å². The molecule has 21 heavy (non-hydrogen) atoms. The highest BCUT2D eigenvalue weighted by molar-refractivity contribution is 5.81. The predicted molar refractivity (Wildman–Crippen MR) is 82.7 cm³/mol. The van der Waals surface area contributed by atoms with Gasteiger partial charge in [0.25, 0.3) is 0 Å². The SMILES string of the molecule is CC(C)NC(=O)C1CCN(C(=O)Cc2ccccc2)CC1. The fourth-order valence-corrected chi connectivity index (χ4v) is 2.68. The fourth-order valence-electron chi connectivity index (χ4n) is 2.68. The van der Waals surface area contributed by atoms with Gasteiger partial charge in [0.1, 0.15) is 0 Å². The van der Waals surface area contributed by atoms with E-state index < -0.39 is 0 Å². The molecule has 1 aromatic carbocycles. The van der Waals surface area contributed by atoms with Gasteiger partial charge in [-0.25, -0.2) is 0 Å². The molecule has 0 radical (unpaired) electrons. The van der Waals surface area contributed by atoms with Gasteiger partial charge in [0.05, 0.1) is 6.42 Å². The van der Waals surface area contributed by atoms with Crippen LogP contribution in [0.15, 0.2) is 30.3 Å². The summed E-state index contributed by atoms with van der Waals surface area (Å²) in [7, 11) is 0. The minimum absolute atomic E-state index is 0.0492. The van der Waals surface area contributed by atoms with Gasteiger partial charge in [-0.3, -0.25) is 9.59 Å². The van der Waals surface area contributed by atoms with Crippen molar-refractivity contribution in [1.82, 2.24) is 10.2 Å². The van der Waals surface area contributed by atoms with Crippen LogP contribution in [-0.4, -0.2) is 35.8 Å². The molecule has 1 aliphatic rings. The molecule has 114 valence electrons. The maximum atomic E-state index is 12.2. The molecule has 4 heteroatoms. The number of benzene rings is 1. The Balaban J connectivity index is 1.81. The molecule has 0 spiro atoms. The zero-order chi connectivity index (χ0) is 15.2. The van der Waals surface area contributed by atoms with E-state index in [4.69, 9.17) is 0 Å². The Morgan fingerprint density at radius 1 is 1.19 bits per heavy atom. The molecular weight excluding hydrogens is 264 g/mol. The summed E-state index contributed by atoms with van der Waals surface area (Å²) in [5.41, 5.74) is 1.04. The van der Waals surface area contributed by atoms with Crippen LogP contribution in [0.3, 0.4) is 0 Å². The molecule has 1 aromatic rings. The summed E-state index contributed by atoms with van der Waals surface area (Å²) >= 11 is 0. The molecule has 1 aliphatic heterocycles. The van der Waals surface area contributed by atoms with E-state index in [0.717, 1.165) is 18.4 Å². The number of amides is 2. The van der Waals surface area contributed by atoms with E-state index in [2.05, 4.69) is 5.32 Å². The summed E-state index contributed by atoms with van der Waals surface area (Å²) in [6, 6.07) is 9.97. The molecule has 0 aromatic heterocycles. The first-order chi connectivity index (χ1) is 10.1. The average Bonchev–Trinajstić information content (AvgIpc) is 2.47. The van der Waals surface area contributed by atoms with Crippen molar-refractivity contribution in [2.75, 3.05) is 13.1 Å². The van der Waals surface area contributed by atoms with Crippen molar-refractivity contribution in [3.05, 3.63) is 35.9 Å². The summed E-state index contributed by atoms with van der Waals surface area (Å²) < 4.78 is 0. The van der Waals surface area contributed by atoms with Crippen LogP contribution in [0.4, 0.5) is 0 Å². The summed E-state index contributed by atoms with van der Waals surface area (Å²) in [6.07, 6.45) is 1.97. The Labute approximate surface area is 126 Å². The fraction of sp³-hybridized carbons (Fsp3) is 0.529. The minimum atomic E-state index is 0.0492. The number of hydrogen-bond donors (Lipinski definition) is 1. The van der Waals surface area contributed by atoms with Crippen LogP contribution in [0.2, 0.25) is 0 Å². The van der Waals surface area contributed by atoms with Gasteiger partial charge in [0, 0.05) is 25.0 Å². The number of piperidine rings is 1. The minimum Gasteiger partial charge on any atom is -0.354 e. The number of rotatable bonds is 4. The molecule has 1 heterocycles. The summed E-state index contributed by atoms with van der Waals surface area (Å²) in [6.45, 7) is 5.30. The summed E-state index contributed by atoms with van der Waals surface area (Å²) in [5.74, 6) is 0.331. The lowest BCUT2D eigenvalue weighted by molar-refractivity contribution is -0.135. The largest absolute Gasteiger partial charge is 0.354 e. The van der Waals surface area contributed by atoms with Gasteiger partial charge in [-0.15, -0.1) is 0 Å². The summed E-state index contributed by atoms with van der Waals surface area (Å²) in [5, 5.41) is 2.95. The molecule has 2 rings (SSSR count). The molecule has 1 N–H and O–H groups in total. The molecule has 0 unspecified atom stereocenters. The Bertz CT molecular complexity index is 477. The lowest BCUT2D eigenvalue weighted by Crippen LogP contribution is -2.44. The first-order valence-electron chi connectivity index (χ1n) is 7.68. The van der Waals surface area contributed by atoms with E-state index in [1.807, 2.05) is 49.1 Å². The van der Waals surface area contributed by atoms with Crippen LogP contribution in [0.5, 0.6) is 0 Å². The van der Waals surface area contributed by atoms with E-state index in [9.17, 15) is 9.59 Å². The zero-order valence-corrected chi connectivity index (χ0v) is 12.8. The molecule has 0 bridgehead atoms. The first kappa shape index (κ1) is 15.5. The maximum absolute atomic E-state index is 12.2. The van der Waals surface area contributed by atoms with Gasteiger partial charge < -0.3 is 10.2 Å². The van der Waals surface area contributed by atoms with Crippen LogP contribution in [0.25, 0.3) is 0 Å². The van der Waals surface area contributed by atoms with Crippen LogP contribution < -0.4 is 5.32 Å². The van der Waals surface area contributed by atoms with E-state index in [-0.39, 0.29) is 23.8 Å². The quantitative estimate of drug-likeness (QED) is 0.921. The first-order valence-corrected chi connectivity index (χ1v) is 7.68. The third-order valence-corrected chi connectivity index (χ3v) is 3.85. The lowest BCUT2D eigenvalue weighted by atomic mass is 9.95. The molecule has 0 saturated carbocycles. The molecule has 0 atom stereocenters. The average molecular weight is 288 g/mol. The van der Waals surface area contributed by atoms with Gasteiger partial charge in [-0.2, -0.15) is 0 Å².